The molecule has 8 heteroatoms. The number of benzene rings is 1. The SMILES string of the molecule is CN=C(NCc1ccc(N2CCOC(C)C2)nc1)N(C)Cc1ccc(SC)cc1.I. The fourth-order valence-corrected chi connectivity index (χ4v) is 3.79. The van der Waals surface area contributed by atoms with E-state index in [2.05, 4.69) is 81.7 Å². The Morgan fingerprint density at radius 1 is 1.27 bits per heavy atom. The van der Waals surface area contributed by atoms with E-state index in [4.69, 9.17) is 4.74 Å². The molecule has 0 radical (unpaired) electrons. The normalized spacial score (nSPS) is 16.7. The third kappa shape index (κ3) is 7.02. The molecule has 3 rings (SSSR count). The Labute approximate surface area is 201 Å². The number of rotatable bonds is 6. The molecule has 2 heterocycles. The van der Waals surface area contributed by atoms with Crippen LogP contribution >= 0.6 is 35.7 Å². The maximum atomic E-state index is 5.61. The minimum absolute atomic E-state index is 0. The summed E-state index contributed by atoms with van der Waals surface area (Å²) in [6.07, 6.45) is 4.29. The van der Waals surface area contributed by atoms with Crippen molar-refractivity contribution < 1.29 is 4.74 Å². The second-order valence-electron chi connectivity index (χ2n) is 7.26. The lowest BCUT2D eigenvalue weighted by molar-refractivity contribution is 0.0529. The lowest BCUT2D eigenvalue weighted by Crippen LogP contribution is -2.41. The maximum Gasteiger partial charge on any atom is 0.193 e. The molecule has 1 aromatic carbocycles. The average Bonchev–Trinajstić information content (AvgIpc) is 2.75. The van der Waals surface area contributed by atoms with E-state index in [-0.39, 0.29) is 30.1 Å². The number of hydrogen-bond acceptors (Lipinski definition) is 5. The van der Waals surface area contributed by atoms with Crippen LogP contribution in [0, 0.1) is 0 Å². The van der Waals surface area contributed by atoms with Crippen LogP contribution in [0.15, 0.2) is 52.5 Å². The van der Waals surface area contributed by atoms with Gasteiger partial charge in [-0.2, -0.15) is 0 Å². The van der Waals surface area contributed by atoms with Gasteiger partial charge in [0.1, 0.15) is 5.82 Å². The number of pyridine rings is 1. The first-order chi connectivity index (χ1) is 14.1. The first-order valence-corrected chi connectivity index (χ1v) is 11.2. The van der Waals surface area contributed by atoms with Gasteiger partial charge in [-0.1, -0.05) is 18.2 Å². The fraction of sp³-hybridized carbons (Fsp3) is 0.455. The zero-order chi connectivity index (χ0) is 20.6. The zero-order valence-electron chi connectivity index (χ0n) is 18.2. The Bertz CT molecular complexity index is 800. The van der Waals surface area contributed by atoms with Crippen molar-refractivity contribution in [1.82, 2.24) is 15.2 Å². The van der Waals surface area contributed by atoms with E-state index in [0.29, 0.717) is 6.54 Å². The van der Waals surface area contributed by atoms with Crippen LogP contribution in [0.3, 0.4) is 0 Å². The van der Waals surface area contributed by atoms with E-state index >= 15 is 0 Å². The summed E-state index contributed by atoms with van der Waals surface area (Å²) in [5, 5.41) is 3.43. The van der Waals surface area contributed by atoms with Crippen molar-refractivity contribution in [3.8, 4) is 0 Å². The van der Waals surface area contributed by atoms with Crippen LogP contribution in [0.4, 0.5) is 5.82 Å². The molecule has 1 fully saturated rings. The lowest BCUT2D eigenvalue weighted by Gasteiger charge is -2.32. The Hall–Kier alpha value is -1.52. The maximum absolute atomic E-state index is 5.61. The van der Waals surface area contributed by atoms with Gasteiger partial charge in [0, 0.05) is 51.4 Å². The van der Waals surface area contributed by atoms with Crippen LogP contribution in [0.1, 0.15) is 18.1 Å². The van der Waals surface area contributed by atoms with Crippen LogP contribution in [-0.4, -0.2) is 62.0 Å². The van der Waals surface area contributed by atoms with Gasteiger partial charge in [0.25, 0.3) is 0 Å². The van der Waals surface area contributed by atoms with E-state index in [1.54, 1.807) is 11.8 Å². The van der Waals surface area contributed by atoms with Crippen molar-refractivity contribution in [1.29, 1.82) is 0 Å². The summed E-state index contributed by atoms with van der Waals surface area (Å²) in [5.41, 5.74) is 2.40. The molecule has 0 amide bonds. The number of guanidine groups is 1. The largest absolute Gasteiger partial charge is 0.375 e. The summed E-state index contributed by atoms with van der Waals surface area (Å²) in [6, 6.07) is 12.9. The molecule has 0 aliphatic carbocycles. The Morgan fingerprint density at radius 3 is 2.60 bits per heavy atom. The standard InChI is InChI=1S/C22H31N5OS.HI/c1-17-15-27(11-12-28-17)21-10-7-19(13-24-21)14-25-22(23-2)26(3)16-18-5-8-20(29-4)9-6-18;/h5-10,13,17H,11-12,14-16H2,1-4H3,(H,23,25);1H. The van der Waals surface area contributed by atoms with E-state index in [9.17, 15) is 0 Å². The molecule has 1 aliphatic heterocycles. The summed E-state index contributed by atoms with van der Waals surface area (Å²) >= 11 is 1.76. The summed E-state index contributed by atoms with van der Waals surface area (Å²) in [7, 11) is 3.87. The van der Waals surface area contributed by atoms with Gasteiger partial charge < -0.3 is 19.9 Å². The minimum Gasteiger partial charge on any atom is -0.375 e. The topological polar surface area (TPSA) is 53.0 Å². The number of hydrogen-bond donors (Lipinski definition) is 1. The predicted molar refractivity (Wildman–Crippen MR) is 137 cm³/mol. The number of ether oxygens (including phenoxy) is 1. The van der Waals surface area contributed by atoms with Gasteiger partial charge in [0.2, 0.25) is 0 Å². The Morgan fingerprint density at radius 2 is 2.00 bits per heavy atom. The molecule has 1 aromatic heterocycles. The number of anilines is 1. The number of halogens is 1. The van der Waals surface area contributed by atoms with Gasteiger partial charge in [-0.25, -0.2) is 4.98 Å². The van der Waals surface area contributed by atoms with Crippen molar-refractivity contribution in [3.05, 3.63) is 53.7 Å². The highest BCUT2D eigenvalue weighted by atomic mass is 127. The molecule has 30 heavy (non-hydrogen) atoms. The monoisotopic (exact) mass is 541 g/mol. The molecular formula is C22H32IN5OS. The van der Waals surface area contributed by atoms with Crippen molar-refractivity contribution in [2.75, 3.05) is 44.9 Å². The van der Waals surface area contributed by atoms with E-state index in [1.807, 2.05) is 13.2 Å². The smallest absolute Gasteiger partial charge is 0.193 e. The second-order valence-corrected chi connectivity index (χ2v) is 8.14. The number of aliphatic imine (C=N–C) groups is 1. The minimum atomic E-state index is 0. The molecule has 6 nitrogen and oxygen atoms in total. The van der Waals surface area contributed by atoms with E-state index in [0.717, 1.165) is 43.6 Å². The number of nitrogens with one attached hydrogen (secondary N) is 1. The predicted octanol–water partition coefficient (Wildman–Crippen LogP) is 3.85. The van der Waals surface area contributed by atoms with Gasteiger partial charge in [-0.3, -0.25) is 4.99 Å². The van der Waals surface area contributed by atoms with Crippen molar-refractivity contribution >= 4 is 47.5 Å². The molecule has 1 saturated heterocycles. The van der Waals surface area contributed by atoms with E-state index in [1.165, 1.54) is 10.5 Å². The first-order valence-electron chi connectivity index (χ1n) is 9.95. The van der Waals surface area contributed by atoms with Crippen LogP contribution in [0.25, 0.3) is 0 Å². The van der Waals surface area contributed by atoms with Crippen LogP contribution in [0.5, 0.6) is 0 Å². The Balaban J connectivity index is 0.00000320. The summed E-state index contributed by atoms with van der Waals surface area (Å²) < 4.78 is 5.61. The average molecular weight is 542 g/mol. The van der Waals surface area contributed by atoms with Gasteiger partial charge in [0.15, 0.2) is 5.96 Å². The third-order valence-electron chi connectivity index (χ3n) is 4.98. The summed E-state index contributed by atoms with van der Waals surface area (Å²) in [5.74, 6) is 1.88. The van der Waals surface area contributed by atoms with Crippen molar-refractivity contribution in [2.45, 2.75) is 31.0 Å². The number of thioether (sulfide) groups is 1. The molecule has 2 aromatic rings. The summed E-state index contributed by atoms with van der Waals surface area (Å²) in [4.78, 5) is 14.7. The van der Waals surface area contributed by atoms with Crippen LogP contribution in [-0.2, 0) is 17.8 Å². The molecular weight excluding hydrogens is 509 g/mol. The van der Waals surface area contributed by atoms with Gasteiger partial charge in [-0.15, -0.1) is 35.7 Å². The highest BCUT2D eigenvalue weighted by Crippen LogP contribution is 2.17. The highest BCUT2D eigenvalue weighted by Gasteiger charge is 2.17. The second kappa shape index (κ2) is 12.4. The zero-order valence-corrected chi connectivity index (χ0v) is 21.3. The lowest BCUT2D eigenvalue weighted by atomic mass is 10.2. The van der Waals surface area contributed by atoms with E-state index < -0.39 is 0 Å². The molecule has 1 aliphatic rings. The molecule has 164 valence electrons. The molecule has 1 atom stereocenters. The van der Waals surface area contributed by atoms with Gasteiger partial charge >= 0.3 is 0 Å². The highest BCUT2D eigenvalue weighted by molar-refractivity contribution is 14.0. The molecule has 0 saturated carbocycles. The molecule has 1 unspecified atom stereocenters. The van der Waals surface area contributed by atoms with Crippen LogP contribution < -0.4 is 10.2 Å². The number of morpholine rings is 1. The van der Waals surface area contributed by atoms with Gasteiger partial charge in [-0.05, 0) is 42.5 Å². The molecule has 0 bridgehead atoms. The van der Waals surface area contributed by atoms with Crippen LogP contribution in [0.2, 0.25) is 0 Å². The third-order valence-corrected chi connectivity index (χ3v) is 5.72. The van der Waals surface area contributed by atoms with Crippen molar-refractivity contribution in [3.63, 3.8) is 0 Å². The van der Waals surface area contributed by atoms with Crippen molar-refractivity contribution in [2.24, 2.45) is 4.99 Å². The fourth-order valence-electron chi connectivity index (χ4n) is 3.38. The molecule has 0 spiro atoms. The summed E-state index contributed by atoms with van der Waals surface area (Å²) in [6.45, 7) is 6.14. The van der Waals surface area contributed by atoms with Gasteiger partial charge in [0.05, 0.1) is 12.7 Å². The quantitative estimate of drug-likeness (QED) is 0.260. The Kier molecular flexibility index (Phi) is 10.2. The number of nitrogens with zero attached hydrogens (tertiary/aromatic N) is 4. The first kappa shape index (κ1) is 24.7. The molecule has 1 N–H and O–H groups in total. The number of aromatic nitrogens is 1.